The number of anilines is 3. The number of benzene rings is 1. The Bertz CT molecular complexity index is 1200. The number of H-pyrrole nitrogens is 1. The van der Waals surface area contributed by atoms with E-state index in [1.165, 1.54) is 12.1 Å². The molecule has 1 aromatic heterocycles. The fourth-order valence-corrected chi connectivity index (χ4v) is 3.01. The number of aliphatic imine (C=N–C) groups is 1. The van der Waals surface area contributed by atoms with Crippen molar-refractivity contribution >= 4 is 90.9 Å². The van der Waals surface area contributed by atoms with E-state index in [4.69, 9.17) is 5.73 Å². The van der Waals surface area contributed by atoms with Crippen molar-refractivity contribution in [2.45, 2.75) is 18.9 Å². The molecule has 1 aromatic carbocycles. The molecule has 0 saturated heterocycles. The summed E-state index contributed by atoms with van der Waals surface area (Å²) in [6, 6.07) is 4.88. The second-order valence-corrected chi connectivity index (χ2v) is 7.10. The number of amides is 1. The second kappa shape index (κ2) is 12.8. The van der Waals surface area contributed by atoms with Gasteiger partial charge in [-0.25, -0.2) is 9.79 Å². The van der Waals surface area contributed by atoms with Gasteiger partial charge in [0.1, 0.15) is 6.04 Å². The number of nitrogens with zero attached hydrogens (tertiary/aromatic N) is 2. The molecule has 2 heterocycles. The van der Waals surface area contributed by atoms with E-state index in [1.54, 1.807) is 12.1 Å². The zero-order chi connectivity index (χ0) is 24.7. The number of aliphatic carboxylic acids is 1. The summed E-state index contributed by atoms with van der Waals surface area (Å²) >= 11 is 0. The monoisotopic (exact) mass is 513 g/mol. The number of hydrogen-bond acceptors (Lipinski definition) is 11. The Balaban J connectivity index is 0.00000432. The van der Waals surface area contributed by atoms with Crippen molar-refractivity contribution in [3.63, 3.8) is 0 Å². The number of rotatable bonds is 10. The topological polar surface area (TPSA) is 218 Å². The van der Waals surface area contributed by atoms with Gasteiger partial charge in [-0.1, -0.05) is 0 Å². The number of nitrogens with one attached hydrogen (secondary N) is 4. The van der Waals surface area contributed by atoms with Crippen LogP contribution in [0.15, 0.2) is 34.1 Å². The Morgan fingerprint density at radius 1 is 1.26 bits per heavy atom. The molecule has 1 aliphatic rings. The fourth-order valence-electron chi connectivity index (χ4n) is 3.01. The van der Waals surface area contributed by atoms with Gasteiger partial charge in [-0.05, 0) is 30.7 Å². The Kier molecular flexibility index (Phi) is 10.2. The summed E-state index contributed by atoms with van der Waals surface area (Å²) in [7, 11) is 0. The molecule has 0 spiro atoms. The summed E-state index contributed by atoms with van der Waals surface area (Å²) in [5, 5.41) is 17.7. The number of esters is 1. The molecule has 0 fully saturated rings. The van der Waals surface area contributed by atoms with E-state index >= 15 is 0 Å². The third-order valence-corrected chi connectivity index (χ3v) is 4.71. The number of carbonyl (C=O) groups excluding carboxylic acids is 3. The van der Waals surface area contributed by atoms with Gasteiger partial charge in [0.05, 0.1) is 18.8 Å². The van der Waals surface area contributed by atoms with Crippen LogP contribution in [0.4, 0.5) is 23.1 Å². The molecule has 182 valence electrons. The second-order valence-electron chi connectivity index (χ2n) is 7.10. The van der Waals surface area contributed by atoms with Crippen molar-refractivity contribution in [2.24, 2.45) is 4.99 Å². The van der Waals surface area contributed by atoms with Gasteiger partial charge in [0.2, 0.25) is 5.95 Å². The molecule has 0 radical (unpaired) electrons. The van der Waals surface area contributed by atoms with E-state index in [0.717, 1.165) is 0 Å². The first-order chi connectivity index (χ1) is 16.3. The number of nitrogens with two attached hydrogens (primary N) is 1. The average Bonchev–Trinajstić information content (AvgIpc) is 2.80. The standard InChI is InChI=1S/C20H21N7O7.Ca.2H/c21-20-26-16-15(18(31)27-20)24-12(8-23-16)7-22-11-3-1-10(2-4-11)17(30)25-13(19(32)33)5-6-14(29)34-9-28;;;/h1-4,9,13,22H,5-8H2,(H,25,30)(H,32,33)(H4,21,23,26,27,31);;;. The Morgan fingerprint density at radius 3 is 2.63 bits per heavy atom. The molecular formula is C20H23CaN7O7. The summed E-state index contributed by atoms with van der Waals surface area (Å²) in [5.41, 5.74) is 6.69. The molecule has 1 amide bonds. The number of fused-ring (bicyclic) bond motifs is 1. The molecule has 1 atom stereocenters. The van der Waals surface area contributed by atoms with Crippen LogP contribution < -0.4 is 27.2 Å². The third kappa shape index (κ3) is 7.77. The van der Waals surface area contributed by atoms with Crippen LogP contribution in [-0.4, -0.2) is 102 Å². The summed E-state index contributed by atoms with van der Waals surface area (Å²) in [6.45, 7) is 0.614. The number of hydrogen-bond donors (Lipinski definition) is 6. The zero-order valence-electron chi connectivity index (χ0n) is 17.7. The first kappa shape index (κ1) is 27.8. The summed E-state index contributed by atoms with van der Waals surface area (Å²) in [5.74, 6) is -2.57. The van der Waals surface area contributed by atoms with E-state index in [9.17, 15) is 29.1 Å². The van der Waals surface area contributed by atoms with Gasteiger partial charge in [0, 0.05) is 17.7 Å². The van der Waals surface area contributed by atoms with E-state index < -0.39 is 29.4 Å². The molecule has 0 bridgehead atoms. The van der Waals surface area contributed by atoms with Crippen LogP contribution in [0.25, 0.3) is 0 Å². The molecule has 14 nitrogen and oxygen atoms in total. The van der Waals surface area contributed by atoms with Gasteiger partial charge in [0.25, 0.3) is 11.5 Å². The minimum atomic E-state index is -1.34. The average molecular weight is 514 g/mol. The molecule has 1 unspecified atom stereocenters. The predicted octanol–water partition coefficient (Wildman–Crippen LogP) is -1.29. The molecule has 0 aliphatic carbocycles. The number of carboxylic acid groups (broad SMARTS) is 1. The maximum atomic E-state index is 12.4. The van der Waals surface area contributed by atoms with Crippen molar-refractivity contribution in [2.75, 3.05) is 29.5 Å². The van der Waals surface area contributed by atoms with Gasteiger partial charge in [-0.15, -0.1) is 0 Å². The first-order valence-electron chi connectivity index (χ1n) is 9.97. The van der Waals surface area contributed by atoms with Crippen molar-refractivity contribution in [3.05, 3.63) is 40.2 Å². The van der Waals surface area contributed by atoms with Crippen LogP contribution >= 0.6 is 0 Å². The number of carboxylic acids is 1. The van der Waals surface area contributed by atoms with Crippen LogP contribution in [0.2, 0.25) is 0 Å². The van der Waals surface area contributed by atoms with Gasteiger partial charge >= 0.3 is 56.1 Å². The quantitative estimate of drug-likeness (QED) is 0.0950. The molecule has 2 aromatic rings. The van der Waals surface area contributed by atoms with Crippen LogP contribution in [0.1, 0.15) is 23.2 Å². The van der Waals surface area contributed by atoms with E-state index in [0.29, 0.717) is 30.3 Å². The summed E-state index contributed by atoms with van der Waals surface area (Å²) < 4.78 is 4.10. The van der Waals surface area contributed by atoms with E-state index in [2.05, 4.69) is 35.6 Å². The number of carbonyl (C=O) groups is 4. The molecule has 15 heteroatoms. The number of ether oxygens (including phenoxy) is 1. The predicted molar refractivity (Wildman–Crippen MR) is 129 cm³/mol. The van der Waals surface area contributed by atoms with Crippen molar-refractivity contribution in [3.8, 4) is 0 Å². The molecule has 1 aliphatic heterocycles. The van der Waals surface area contributed by atoms with Gasteiger partial charge in [-0.2, -0.15) is 4.98 Å². The third-order valence-electron chi connectivity index (χ3n) is 4.71. The number of aromatic amines is 1. The van der Waals surface area contributed by atoms with Crippen LogP contribution in [-0.2, 0) is 19.1 Å². The molecule has 0 saturated carbocycles. The minimum absolute atomic E-state index is 0. The fraction of sp³-hybridized carbons (Fsp3) is 0.250. The van der Waals surface area contributed by atoms with Gasteiger partial charge in [0.15, 0.2) is 11.5 Å². The Hall–Kier alpha value is -3.49. The normalized spacial score (nSPS) is 12.5. The Labute approximate surface area is 227 Å². The maximum absolute atomic E-state index is 12.4. The van der Waals surface area contributed by atoms with Crippen molar-refractivity contribution in [1.82, 2.24) is 15.3 Å². The van der Waals surface area contributed by atoms with Gasteiger partial charge < -0.3 is 31.5 Å². The molecule has 35 heavy (non-hydrogen) atoms. The van der Waals surface area contributed by atoms with Crippen molar-refractivity contribution < 1.29 is 29.0 Å². The van der Waals surface area contributed by atoms with Crippen LogP contribution in [0.5, 0.6) is 0 Å². The van der Waals surface area contributed by atoms with Gasteiger partial charge in [-0.3, -0.25) is 24.2 Å². The zero-order valence-corrected chi connectivity index (χ0v) is 17.7. The van der Waals surface area contributed by atoms with Crippen LogP contribution in [0, 0.1) is 0 Å². The number of nitrogen functional groups attached to an aromatic ring is 1. The Morgan fingerprint density at radius 2 is 1.97 bits per heavy atom. The summed E-state index contributed by atoms with van der Waals surface area (Å²) in [4.78, 5) is 67.7. The first-order valence-corrected chi connectivity index (χ1v) is 9.97. The summed E-state index contributed by atoms with van der Waals surface area (Å²) in [6.07, 6.45) is -0.588. The molecular weight excluding hydrogens is 490 g/mol. The molecule has 3 rings (SSSR count). The van der Waals surface area contributed by atoms with E-state index in [-0.39, 0.29) is 74.3 Å². The SMILES string of the molecule is Nc1nc2c(c(=O)[nH]1)N=C(CNc1ccc(C(=O)NC(CCC(=O)OC=O)C(=O)O)cc1)CN2.[CaH2]. The van der Waals surface area contributed by atoms with E-state index in [1.807, 2.05) is 0 Å². The number of aromatic nitrogens is 2. The molecule has 7 N–H and O–H groups in total. The van der Waals surface area contributed by atoms with Crippen molar-refractivity contribution in [1.29, 1.82) is 0 Å². The van der Waals surface area contributed by atoms with Crippen LogP contribution in [0.3, 0.4) is 0 Å².